The maximum atomic E-state index is 14.6. The van der Waals surface area contributed by atoms with E-state index in [0.29, 0.717) is 30.3 Å². The van der Waals surface area contributed by atoms with Crippen LogP contribution in [0.15, 0.2) is 42.0 Å². The third-order valence-electron chi connectivity index (χ3n) is 11.5. The molecule has 27 nitrogen and oxygen atoms in total. The van der Waals surface area contributed by atoms with E-state index < -0.39 is 204 Å². The SMILES string of the molecule is O=C1O[C@H]2[C@@H]3OC(=O)c4cc(O)c(O)c(O)c4-c4c(cc(O)c(O)c4O)C(=O)OC[C@H]2O[C@@H](OC(=O)c2cc(O)c(O)c(O)c2)[C@@H]3OC(=O)c2cc(O)c(O)c3c2[C@@H]2C1=CC(=O)C(O)(O3)C2(O)O. The minimum atomic E-state index is -3.98. The molecule has 4 heterocycles. The zero-order valence-electron chi connectivity index (χ0n) is 33.2. The highest BCUT2D eigenvalue weighted by molar-refractivity contribution is 6.10. The van der Waals surface area contributed by atoms with Crippen molar-refractivity contribution in [3.05, 3.63) is 69.8 Å². The summed E-state index contributed by atoms with van der Waals surface area (Å²) >= 11 is 0. The quantitative estimate of drug-likeness (QED) is 0.0491. The lowest BCUT2D eigenvalue weighted by Crippen LogP contribution is -2.70. The predicted octanol–water partition coefficient (Wildman–Crippen LogP) is -1.10. The molecule has 4 aromatic carbocycles. The lowest BCUT2D eigenvalue weighted by atomic mass is 9.70. The third kappa shape index (κ3) is 6.21. The molecule has 1 saturated heterocycles. The van der Waals surface area contributed by atoms with Gasteiger partial charge in [0, 0.05) is 16.7 Å². The van der Waals surface area contributed by atoms with Crippen LogP contribution in [0.2, 0.25) is 0 Å². The molecule has 9 rings (SSSR count). The first-order chi connectivity index (χ1) is 31.9. The van der Waals surface area contributed by atoms with E-state index in [0.717, 1.165) is 0 Å². The molecule has 1 unspecified atom stereocenters. The van der Waals surface area contributed by atoms with E-state index in [2.05, 4.69) is 0 Å². The maximum Gasteiger partial charge on any atom is 0.340 e. The summed E-state index contributed by atoms with van der Waals surface area (Å²) in [6.07, 6.45) is -12.1. The number of carbonyl (C=O) groups is 6. The number of hydrogen-bond acceptors (Lipinski definition) is 27. The van der Waals surface area contributed by atoms with Crippen molar-refractivity contribution in [3.63, 3.8) is 0 Å². The number of hydrogen-bond donors (Lipinski definition) is 14. The highest BCUT2D eigenvalue weighted by Gasteiger charge is 2.70. The molecule has 14 N–H and O–H groups in total. The molecule has 354 valence electrons. The van der Waals surface area contributed by atoms with Gasteiger partial charge in [-0.15, -0.1) is 0 Å². The molecule has 5 aliphatic rings. The Labute approximate surface area is 373 Å². The van der Waals surface area contributed by atoms with Crippen LogP contribution in [0.1, 0.15) is 52.9 Å². The maximum absolute atomic E-state index is 14.6. The summed E-state index contributed by atoms with van der Waals surface area (Å²) in [6, 6.07) is 2.32. The topological polar surface area (TPSA) is 450 Å². The lowest BCUT2D eigenvalue weighted by molar-refractivity contribution is -0.339. The van der Waals surface area contributed by atoms with Crippen LogP contribution in [0.4, 0.5) is 0 Å². The molecular formula is C41H28O27. The van der Waals surface area contributed by atoms with Gasteiger partial charge in [0.2, 0.25) is 35.4 Å². The summed E-state index contributed by atoms with van der Waals surface area (Å²) in [5, 5.41) is 150. The van der Waals surface area contributed by atoms with E-state index in [4.69, 9.17) is 33.2 Å². The van der Waals surface area contributed by atoms with E-state index in [1.165, 1.54) is 0 Å². The summed E-state index contributed by atoms with van der Waals surface area (Å²) in [5.74, 6) is -36.5. The zero-order chi connectivity index (χ0) is 49.4. The number of aromatic hydroxyl groups is 11. The monoisotopic (exact) mass is 952 g/mol. The second-order valence-electron chi connectivity index (χ2n) is 15.5. The van der Waals surface area contributed by atoms with Gasteiger partial charge in [0.05, 0.1) is 33.7 Å². The number of fused-ring (bicyclic) bond motifs is 4. The Morgan fingerprint density at radius 3 is 1.68 bits per heavy atom. The average molecular weight is 953 g/mol. The van der Waals surface area contributed by atoms with Crippen LogP contribution in [0, 0.1) is 0 Å². The Morgan fingerprint density at radius 2 is 1.07 bits per heavy atom. The number of benzene rings is 4. The van der Waals surface area contributed by atoms with Crippen LogP contribution >= 0.6 is 0 Å². The van der Waals surface area contributed by atoms with Crippen molar-refractivity contribution in [2.75, 3.05) is 6.61 Å². The van der Waals surface area contributed by atoms with Gasteiger partial charge in [-0.2, -0.15) is 0 Å². The molecule has 0 saturated carbocycles. The first kappa shape index (κ1) is 44.3. The van der Waals surface area contributed by atoms with Gasteiger partial charge >= 0.3 is 35.6 Å². The molecule has 0 spiro atoms. The fourth-order valence-corrected chi connectivity index (χ4v) is 8.25. The van der Waals surface area contributed by atoms with Gasteiger partial charge < -0.3 is 105 Å². The molecule has 6 bridgehead atoms. The van der Waals surface area contributed by atoms with Gasteiger partial charge in [0.15, 0.2) is 64.0 Å². The number of cyclic esters (lactones) is 1. The van der Waals surface area contributed by atoms with Gasteiger partial charge in [-0.25, -0.2) is 24.0 Å². The molecule has 0 radical (unpaired) electrons. The number of aliphatic hydroxyl groups is 3. The minimum absolute atomic E-state index is 0.264. The second kappa shape index (κ2) is 14.8. The van der Waals surface area contributed by atoms with Crippen LogP contribution in [-0.2, 0) is 38.0 Å². The summed E-state index contributed by atoms with van der Waals surface area (Å²) < 4.78 is 38.9. The molecule has 7 atom stereocenters. The van der Waals surface area contributed by atoms with E-state index in [1.54, 1.807) is 0 Å². The average Bonchev–Trinajstić information content (AvgIpc) is 3.28. The van der Waals surface area contributed by atoms with Gasteiger partial charge in [-0.3, -0.25) is 4.79 Å². The molecule has 27 heteroatoms. The fourth-order valence-electron chi connectivity index (χ4n) is 8.25. The normalized spacial score (nSPS) is 25.7. The van der Waals surface area contributed by atoms with Gasteiger partial charge in [0.25, 0.3) is 5.79 Å². The van der Waals surface area contributed by atoms with Crippen molar-refractivity contribution >= 4 is 35.6 Å². The Bertz CT molecular complexity index is 3020. The first-order valence-corrected chi connectivity index (χ1v) is 19.1. The number of rotatable bonds is 2. The molecule has 4 aliphatic heterocycles. The predicted molar refractivity (Wildman–Crippen MR) is 204 cm³/mol. The molecule has 0 aromatic heterocycles. The molecule has 68 heavy (non-hydrogen) atoms. The van der Waals surface area contributed by atoms with Crippen molar-refractivity contribution in [1.82, 2.24) is 0 Å². The van der Waals surface area contributed by atoms with E-state index in [9.17, 15) is 100 Å². The molecule has 1 fully saturated rings. The largest absolute Gasteiger partial charge is 0.504 e. The van der Waals surface area contributed by atoms with Crippen LogP contribution in [0.3, 0.4) is 0 Å². The smallest absolute Gasteiger partial charge is 0.340 e. The van der Waals surface area contributed by atoms with E-state index in [1.807, 2.05) is 0 Å². The van der Waals surface area contributed by atoms with Crippen LogP contribution in [-0.4, -0.2) is 156 Å². The number of ether oxygens (including phenoxy) is 7. The fraction of sp³-hybridized carbons (Fsp3) is 0.220. The summed E-state index contributed by atoms with van der Waals surface area (Å²) in [5.41, 5.74) is -8.48. The molecule has 4 aromatic rings. The lowest BCUT2D eigenvalue weighted by Gasteiger charge is -2.49. The van der Waals surface area contributed by atoms with Crippen molar-refractivity contribution < 1.29 is 133 Å². The number of phenolic OH excluding ortho intramolecular Hbond substituents is 11. The number of phenols is 11. The number of esters is 5. The van der Waals surface area contributed by atoms with Crippen LogP contribution < -0.4 is 4.74 Å². The van der Waals surface area contributed by atoms with Crippen molar-refractivity contribution in [2.24, 2.45) is 0 Å². The van der Waals surface area contributed by atoms with Crippen molar-refractivity contribution in [1.29, 1.82) is 0 Å². The van der Waals surface area contributed by atoms with Crippen LogP contribution in [0.25, 0.3) is 11.1 Å². The van der Waals surface area contributed by atoms with Gasteiger partial charge in [0.1, 0.15) is 12.7 Å². The second-order valence-corrected chi connectivity index (χ2v) is 15.5. The zero-order valence-corrected chi connectivity index (χ0v) is 33.2. The summed E-state index contributed by atoms with van der Waals surface area (Å²) in [4.78, 5) is 84.8. The standard InChI is InChI=1S/C41H28O27/c42-13-1-8(2-14(43)24(13)48)34(54)67-39-33-32-30(64-38(58)12-6-19(47)41(61)40(59,60)23(12)22-11(37(57)66-33)5-17(46)27(51)31(22)68-41)18(63-39)7-62-35(55)9-3-15(44)25(49)28(52)20(9)21-10(36(56)65-32)4-16(45)26(50)29(21)53/h1-6,18,23,30,32-33,39,42-46,48-53,59-61H,7H2/t18-,23+,30-,32+,33-,39+,41?/m1/s1. The Morgan fingerprint density at radius 1 is 0.574 bits per heavy atom. The number of carbonyl (C=O) groups excluding carboxylic acids is 6. The summed E-state index contributed by atoms with van der Waals surface area (Å²) in [6.45, 7) is -1.31. The molecule has 0 amide bonds. The van der Waals surface area contributed by atoms with E-state index >= 15 is 0 Å². The highest BCUT2D eigenvalue weighted by atomic mass is 16.8. The van der Waals surface area contributed by atoms with Gasteiger partial charge in [-0.05, 0) is 36.4 Å². The third-order valence-corrected chi connectivity index (χ3v) is 11.5. The van der Waals surface area contributed by atoms with Crippen molar-refractivity contribution in [3.8, 4) is 80.1 Å². The Balaban J connectivity index is 1.30. The molecular weight excluding hydrogens is 924 g/mol. The van der Waals surface area contributed by atoms with E-state index in [-0.39, 0.29) is 6.08 Å². The highest BCUT2D eigenvalue weighted by Crippen LogP contribution is 2.59. The summed E-state index contributed by atoms with van der Waals surface area (Å²) in [7, 11) is 0. The Hall–Kier alpha value is -8.92. The van der Waals surface area contributed by atoms with Crippen LogP contribution in [0.5, 0.6) is 69.0 Å². The number of ketones is 1. The first-order valence-electron chi connectivity index (χ1n) is 19.1. The molecule has 1 aliphatic carbocycles. The van der Waals surface area contributed by atoms with Gasteiger partial charge in [-0.1, -0.05) is 0 Å². The Kier molecular flexibility index (Phi) is 9.64. The van der Waals surface area contributed by atoms with Crippen molar-refractivity contribution in [2.45, 2.75) is 48.2 Å². The minimum Gasteiger partial charge on any atom is -0.504 e.